The molecule has 0 aliphatic heterocycles. The van der Waals surface area contributed by atoms with Gasteiger partial charge in [0.1, 0.15) is 5.75 Å². The second-order valence-electron chi connectivity index (χ2n) is 4.38. The molecule has 0 unspecified atom stereocenters. The van der Waals surface area contributed by atoms with Gasteiger partial charge in [0, 0.05) is 0 Å². The molecule has 17 heavy (non-hydrogen) atoms. The van der Waals surface area contributed by atoms with Crippen molar-refractivity contribution in [1.82, 2.24) is 0 Å². The molecule has 0 bridgehead atoms. The first-order valence-corrected chi connectivity index (χ1v) is 7.09. The van der Waals surface area contributed by atoms with E-state index in [0.29, 0.717) is 5.92 Å². The molecule has 1 saturated carbocycles. The lowest BCUT2D eigenvalue weighted by Crippen LogP contribution is -2.05. The van der Waals surface area contributed by atoms with Crippen molar-refractivity contribution >= 4 is 10.5 Å². The van der Waals surface area contributed by atoms with Crippen molar-refractivity contribution in [3.05, 3.63) is 29.8 Å². The Labute approximate surface area is 101 Å². The number of hydrogen-bond acceptors (Lipinski definition) is 3. The standard InChI is InChI=1S/C12H15FO3S/c13-17(14,15)16-12-8-6-11(7-9-12)10-4-2-1-3-5-10/h6-10H,1-5H2. The minimum absolute atomic E-state index is 0.0204. The van der Waals surface area contributed by atoms with Crippen molar-refractivity contribution in [2.75, 3.05) is 0 Å². The molecule has 0 heterocycles. The molecule has 0 saturated heterocycles. The minimum atomic E-state index is -4.91. The van der Waals surface area contributed by atoms with Crippen molar-refractivity contribution in [3.8, 4) is 5.75 Å². The number of benzene rings is 1. The van der Waals surface area contributed by atoms with Crippen LogP contribution in [0.3, 0.4) is 0 Å². The van der Waals surface area contributed by atoms with E-state index in [1.54, 1.807) is 0 Å². The van der Waals surface area contributed by atoms with E-state index in [1.165, 1.54) is 49.8 Å². The summed E-state index contributed by atoms with van der Waals surface area (Å²) < 4.78 is 37.0. The van der Waals surface area contributed by atoms with Gasteiger partial charge in [0.25, 0.3) is 0 Å². The summed E-state index contributed by atoms with van der Waals surface area (Å²) in [5, 5.41) is 0. The lowest BCUT2D eigenvalue weighted by Gasteiger charge is -2.21. The third kappa shape index (κ3) is 3.70. The van der Waals surface area contributed by atoms with Gasteiger partial charge in [-0.2, -0.15) is 8.42 Å². The van der Waals surface area contributed by atoms with E-state index in [0.717, 1.165) is 0 Å². The van der Waals surface area contributed by atoms with Crippen LogP contribution in [0.2, 0.25) is 0 Å². The van der Waals surface area contributed by atoms with Gasteiger partial charge in [0.15, 0.2) is 0 Å². The zero-order valence-electron chi connectivity index (χ0n) is 9.43. The summed E-state index contributed by atoms with van der Waals surface area (Å²) in [5.41, 5.74) is 1.17. The predicted octanol–water partition coefficient (Wildman–Crippen LogP) is 3.33. The van der Waals surface area contributed by atoms with Gasteiger partial charge in [-0.1, -0.05) is 35.3 Å². The minimum Gasteiger partial charge on any atom is -0.358 e. The second-order valence-corrected chi connectivity index (χ2v) is 5.33. The van der Waals surface area contributed by atoms with E-state index in [4.69, 9.17) is 0 Å². The Bertz CT molecular complexity index is 461. The number of rotatable bonds is 3. The molecule has 94 valence electrons. The van der Waals surface area contributed by atoms with Crippen molar-refractivity contribution in [3.63, 3.8) is 0 Å². The normalized spacial score (nSPS) is 17.9. The zero-order chi connectivity index (χ0) is 12.3. The average molecular weight is 258 g/mol. The first kappa shape index (κ1) is 12.4. The molecule has 3 nitrogen and oxygen atoms in total. The van der Waals surface area contributed by atoms with Crippen LogP contribution in [-0.4, -0.2) is 8.42 Å². The second kappa shape index (κ2) is 5.04. The van der Waals surface area contributed by atoms with Crippen LogP contribution in [0.25, 0.3) is 0 Å². The molecule has 1 aliphatic rings. The van der Waals surface area contributed by atoms with Crippen molar-refractivity contribution in [1.29, 1.82) is 0 Å². The maximum absolute atomic E-state index is 12.3. The molecule has 5 heteroatoms. The van der Waals surface area contributed by atoms with Crippen LogP contribution in [0, 0.1) is 0 Å². The fourth-order valence-electron chi connectivity index (χ4n) is 2.35. The molecule has 0 radical (unpaired) electrons. The van der Waals surface area contributed by atoms with Gasteiger partial charge in [-0.15, -0.1) is 0 Å². The van der Waals surface area contributed by atoms with Gasteiger partial charge < -0.3 is 4.18 Å². The van der Waals surface area contributed by atoms with Crippen LogP contribution in [-0.2, 0) is 10.5 Å². The van der Waals surface area contributed by atoms with E-state index in [9.17, 15) is 12.3 Å². The lowest BCUT2D eigenvalue weighted by molar-refractivity contribution is 0.437. The molecular formula is C12H15FO3S. The topological polar surface area (TPSA) is 43.4 Å². The van der Waals surface area contributed by atoms with Crippen LogP contribution >= 0.6 is 0 Å². The highest BCUT2D eigenvalue weighted by Crippen LogP contribution is 2.33. The van der Waals surface area contributed by atoms with Gasteiger partial charge in [0.2, 0.25) is 0 Å². The van der Waals surface area contributed by atoms with Crippen LogP contribution in [0.4, 0.5) is 3.89 Å². The summed E-state index contributed by atoms with van der Waals surface area (Å²) >= 11 is 0. The predicted molar refractivity (Wildman–Crippen MR) is 62.9 cm³/mol. The molecule has 2 rings (SSSR count). The van der Waals surface area contributed by atoms with Crippen LogP contribution < -0.4 is 4.18 Å². The molecule has 0 atom stereocenters. The first-order chi connectivity index (χ1) is 8.04. The van der Waals surface area contributed by atoms with Crippen molar-refractivity contribution in [2.24, 2.45) is 0 Å². The Morgan fingerprint density at radius 2 is 1.65 bits per heavy atom. The lowest BCUT2D eigenvalue weighted by atomic mass is 9.84. The summed E-state index contributed by atoms with van der Waals surface area (Å²) in [6.45, 7) is 0. The van der Waals surface area contributed by atoms with E-state index in [-0.39, 0.29) is 5.75 Å². The van der Waals surface area contributed by atoms with E-state index >= 15 is 0 Å². The highest BCUT2D eigenvalue weighted by atomic mass is 32.3. The fraction of sp³-hybridized carbons (Fsp3) is 0.500. The molecular weight excluding hydrogens is 243 g/mol. The Kier molecular flexibility index (Phi) is 3.66. The van der Waals surface area contributed by atoms with Gasteiger partial charge in [-0.05, 0) is 36.5 Å². The Morgan fingerprint density at radius 3 is 2.18 bits per heavy atom. The van der Waals surface area contributed by atoms with Gasteiger partial charge in [-0.3, -0.25) is 0 Å². The number of hydrogen-bond donors (Lipinski definition) is 0. The number of halogens is 1. The smallest absolute Gasteiger partial charge is 0.358 e. The summed E-state index contributed by atoms with van der Waals surface area (Å²) in [6, 6.07) is 6.63. The van der Waals surface area contributed by atoms with E-state index < -0.39 is 10.5 Å². The maximum Gasteiger partial charge on any atom is 0.488 e. The first-order valence-electron chi connectivity index (χ1n) is 5.78. The SMILES string of the molecule is O=S(=O)(F)Oc1ccc(C2CCCCC2)cc1. The summed E-state index contributed by atoms with van der Waals surface area (Å²) in [4.78, 5) is 0. The van der Waals surface area contributed by atoms with Crippen LogP contribution in [0.5, 0.6) is 5.75 Å². The van der Waals surface area contributed by atoms with Crippen molar-refractivity contribution in [2.45, 2.75) is 38.0 Å². The molecule has 0 aromatic heterocycles. The molecule has 0 spiro atoms. The quantitative estimate of drug-likeness (QED) is 0.781. The highest BCUT2D eigenvalue weighted by Gasteiger charge is 2.16. The van der Waals surface area contributed by atoms with Gasteiger partial charge >= 0.3 is 10.5 Å². The Morgan fingerprint density at radius 1 is 1.06 bits per heavy atom. The van der Waals surface area contributed by atoms with Crippen LogP contribution in [0.1, 0.15) is 43.6 Å². The third-order valence-electron chi connectivity index (χ3n) is 3.15. The van der Waals surface area contributed by atoms with Gasteiger partial charge in [-0.25, -0.2) is 0 Å². The molecule has 0 N–H and O–H groups in total. The van der Waals surface area contributed by atoms with E-state index in [2.05, 4.69) is 4.18 Å². The fourth-order valence-corrected chi connectivity index (χ4v) is 2.69. The molecule has 1 fully saturated rings. The molecule has 1 aromatic rings. The van der Waals surface area contributed by atoms with Crippen molar-refractivity contribution < 1.29 is 16.5 Å². The molecule has 1 aromatic carbocycles. The Hall–Kier alpha value is -1.10. The third-order valence-corrected chi connectivity index (χ3v) is 3.54. The average Bonchev–Trinajstić information content (AvgIpc) is 2.29. The summed E-state index contributed by atoms with van der Waals surface area (Å²) in [6.07, 6.45) is 6.10. The molecule has 0 amide bonds. The highest BCUT2D eigenvalue weighted by molar-refractivity contribution is 7.81. The molecule has 1 aliphatic carbocycles. The van der Waals surface area contributed by atoms with Gasteiger partial charge in [0.05, 0.1) is 0 Å². The maximum atomic E-state index is 12.3. The Balaban J connectivity index is 2.07. The zero-order valence-corrected chi connectivity index (χ0v) is 10.2. The van der Waals surface area contributed by atoms with E-state index in [1.807, 2.05) is 12.1 Å². The van der Waals surface area contributed by atoms with Crippen LogP contribution in [0.15, 0.2) is 24.3 Å². The summed E-state index contributed by atoms with van der Waals surface area (Å²) in [5.74, 6) is 0.562. The summed E-state index contributed by atoms with van der Waals surface area (Å²) in [7, 11) is -4.91. The largest absolute Gasteiger partial charge is 0.488 e. The monoisotopic (exact) mass is 258 g/mol.